The average Bonchev–Trinajstić information content (AvgIpc) is 2.64. The minimum atomic E-state index is -4.36. The Morgan fingerprint density at radius 1 is 1.14 bits per heavy atom. The topological polar surface area (TPSA) is 42.9 Å². The van der Waals surface area contributed by atoms with Gasteiger partial charge in [0.05, 0.1) is 5.56 Å². The molecule has 1 saturated heterocycles. The Hall–Kier alpha value is -1.23. The lowest BCUT2D eigenvalue weighted by molar-refractivity contribution is -0.137. The van der Waals surface area contributed by atoms with Crippen LogP contribution < -0.4 is 15.5 Å². The van der Waals surface area contributed by atoms with E-state index in [1.54, 1.807) is 13.1 Å². The maximum Gasteiger partial charge on any atom is 0.416 e. The Labute approximate surface area is 189 Å². The first kappa shape index (κ1) is 25.8. The summed E-state index contributed by atoms with van der Waals surface area (Å²) in [6.45, 7) is 9.91. The number of hydrogen-bond donors (Lipinski definition) is 2. The predicted octanol–water partition coefficient (Wildman–Crippen LogP) is 3.78. The molecule has 1 fully saturated rings. The molecule has 0 saturated carbocycles. The van der Waals surface area contributed by atoms with E-state index in [1.807, 2.05) is 0 Å². The molecule has 1 unspecified atom stereocenters. The number of nitrogens with one attached hydrogen (secondary N) is 2. The average molecular weight is 527 g/mol. The number of alkyl halides is 3. The SMILES string of the molecule is CN=C(NCc1cc(C(F)(F)F)ccc1N1CCN(C)CC1)NC(C)C(C)C.I. The molecule has 0 amide bonds. The Kier molecular flexibility index (Phi) is 10.0. The Bertz CT molecular complexity index is 671. The maximum absolute atomic E-state index is 13.2. The van der Waals surface area contributed by atoms with Crippen LogP contribution in [0, 0.1) is 5.92 Å². The van der Waals surface area contributed by atoms with Crippen LogP contribution in [0.25, 0.3) is 0 Å². The molecule has 0 aromatic heterocycles. The molecular formula is C20H33F3IN5. The van der Waals surface area contributed by atoms with E-state index in [9.17, 15) is 13.2 Å². The highest BCUT2D eigenvalue weighted by Crippen LogP contribution is 2.33. The van der Waals surface area contributed by atoms with Gasteiger partial charge in [0.25, 0.3) is 0 Å². The predicted molar refractivity (Wildman–Crippen MR) is 124 cm³/mol. The van der Waals surface area contributed by atoms with Gasteiger partial charge in [0.15, 0.2) is 5.96 Å². The van der Waals surface area contributed by atoms with E-state index in [2.05, 4.69) is 53.2 Å². The molecule has 1 aromatic rings. The van der Waals surface area contributed by atoms with E-state index in [0.717, 1.165) is 31.9 Å². The number of piperazine rings is 1. The van der Waals surface area contributed by atoms with Crippen LogP contribution in [0.2, 0.25) is 0 Å². The lowest BCUT2D eigenvalue weighted by Crippen LogP contribution is -2.46. The van der Waals surface area contributed by atoms with Crippen molar-refractivity contribution in [3.05, 3.63) is 29.3 Å². The molecule has 0 spiro atoms. The Morgan fingerprint density at radius 3 is 2.28 bits per heavy atom. The minimum absolute atomic E-state index is 0. The Morgan fingerprint density at radius 2 is 1.76 bits per heavy atom. The highest BCUT2D eigenvalue weighted by atomic mass is 127. The number of halogens is 4. The van der Waals surface area contributed by atoms with Crippen molar-refractivity contribution in [3.63, 3.8) is 0 Å². The van der Waals surface area contributed by atoms with E-state index in [-0.39, 0.29) is 36.6 Å². The third kappa shape index (κ3) is 7.51. The van der Waals surface area contributed by atoms with Crippen molar-refractivity contribution in [2.24, 2.45) is 10.9 Å². The summed E-state index contributed by atoms with van der Waals surface area (Å²) >= 11 is 0. The van der Waals surface area contributed by atoms with Gasteiger partial charge in [-0.25, -0.2) is 0 Å². The highest BCUT2D eigenvalue weighted by molar-refractivity contribution is 14.0. The summed E-state index contributed by atoms with van der Waals surface area (Å²) in [4.78, 5) is 8.58. The molecular weight excluding hydrogens is 494 g/mol. The van der Waals surface area contributed by atoms with Gasteiger partial charge in [-0.1, -0.05) is 13.8 Å². The number of guanidine groups is 1. The fraction of sp³-hybridized carbons (Fsp3) is 0.650. The van der Waals surface area contributed by atoms with Crippen LogP contribution >= 0.6 is 24.0 Å². The smallest absolute Gasteiger partial charge is 0.369 e. The number of nitrogens with zero attached hydrogens (tertiary/aromatic N) is 3. The number of rotatable bonds is 5. The maximum atomic E-state index is 13.2. The number of benzene rings is 1. The summed E-state index contributed by atoms with van der Waals surface area (Å²) in [5.74, 6) is 0.996. The highest BCUT2D eigenvalue weighted by Gasteiger charge is 2.31. The zero-order chi connectivity index (χ0) is 20.9. The fourth-order valence-electron chi connectivity index (χ4n) is 3.02. The normalized spacial score (nSPS) is 17.1. The molecule has 29 heavy (non-hydrogen) atoms. The largest absolute Gasteiger partial charge is 0.416 e. The van der Waals surface area contributed by atoms with Crippen molar-refractivity contribution < 1.29 is 13.2 Å². The summed E-state index contributed by atoms with van der Waals surface area (Å²) < 4.78 is 39.7. The summed E-state index contributed by atoms with van der Waals surface area (Å²) in [5, 5.41) is 6.46. The molecule has 1 aromatic carbocycles. The molecule has 1 aliphatic heterocycles. The molecule has 2 N–H and O–H groups in total. The zero-order valence-electron chi connectivity index (χ0n) is 17.8. The quantitative estimate of drug-likeness (QED) is 0.348. The number of hydrogen-bond acceptors (Lipinski definition) is 3. The number of anilines is 1. The van der Waals surface area contributed by atoms with Crippen LogP contribution in [0.1, 0.15) is 31.9 Å². The van der Waals surface area contributed by atoms with Crippen molar-refractivity contribution in [3.8, 4) is 0 Å². The zero-order valence-corrected chi connectivity index (χ0v) is 20.1. The van der Waals surface area contributed by atoms with Gasteiger partial charge in [-0.15, -0.1) is 24.0 Å². The third-order valence-corrected chi connectivity index (χ3v) is 5.29. The van der Waals surface area contributed by atoms with Crippen molar-refractivity contribution in [2.45, 2.75) is 39.5 Å². The third-order valence-electron chi connectivity index (χ3n) is 5.29. The van der Waals surface area contributed by atoms with Gasteiger partial charge < -0.3 is 20.4 Å². The molecule has 0 radical (unpaired) electrons. The van der Waals surface area contributed by atoms with E-state index in [1.165, 1.54) is 12.1 Å². The summed E-state index contributed by atoms with van der Waals surface area (Å²) in [6, 6.07) is 4.22. The van der Waals surface area contributed by atoms with Gasteiger partial charge in [0.2, 0.25) is 0 Å². The first-order valence-electron chi connectivity index (χ1n) is 9.72. The van der Waals surface area contributed by atoms with Gasteiger partial charge in [-0.3, -0.25) is 4.99 Å². The lowest BCUT2D eigenvalue weighted by atomic mass is 10.1. The van der Waals surface area contributed by atoms with Crippen LogP contribution in [0.3, 0.4) is 0 Å². The van der Waals surface area contributed by atoms with Crippen LogP contribution in [-0.2, 0) is 12.7 Å². The molecule has 166 valence electrons. The molecule has 1 heterocycles. The summed E-state index contributed by atoms with van der Waals surface area (Å²) in [7, 11) is 3.72. The second-order valence-electron chi connectivity index (χ2n) is 7.73. The summed E-state index contributed by atoms with van der Waals surface area (Å²) in [5.41, 5.74) is 0.848. The molecule has 1 atom stereocenters. The van der Waals surface area contributed by atoms with Gasteiger partial charge >= 0.3 is 6.18 Å². The minimum Gasteiger partial charge on any atom is -0.369 e. The van der Waals surface area contributed by atoms with E-state index >= 15 is 0 Å². The van der Waals surface area contributed by atoms with E-state index in [4.69, 9.17) is 0 Å². The van der Waals surface area contributed by atoms with Crippen molar-refractivity contribution in [2.75, 3.05) is 45.2 Å². The molecule has 1 aliphatic rings. The lowest BCUT2D eigenvalue weighted by Gasteiger charge is -2.35. The van der Waals surface area contributed by atoms with Gasteiger partial charge in [0.1, 0.15) is 0 Å². The standard InChI is InChI=1S/C20H32F3N5.HI/c1-14(2)15(3)26-19(24-4)25-13-16-12-17(20(21,22)23)6-7-18(16)28-10-8-27(5)9-11-28;/h6-7,12,14-15H,8-11,13H2,1-5H3,(H2,24,25,26);1H. The van der Waals surface area contributed by atoms with Gasteiger partial charge in [-0.2, -0.15) is 13.2 Å². The van der Waals surface area contributed by atoms with Crippen LogP contribution in [0.5, 0.6) is 0 Å². The first-order valence-corrected chi connectivity index (χ1v) is 9.72. The summed E-state index contributed by atoms with van der Waals surface area (Å²) in [6.07, 6.45) is -4.36. The molecule has 0 aliphatic carbocycles. The van der Waals surface area contributed by atoms with Crippen LogP contribution in [0.15, 0.2) is 23.2 Å². The van der Waals surface area contributed by atoms with E-state index < -0.39 is 11.7 Å². The molecule has 9 heteroatoms. The van der Waals surface area contributed by atoms with Crippen LogP contribution in [0.4, 0.5) is 18.9 Å². The Balaban J connectivity index is 0.00000420. The van der Waals surface area contributed by atoms with Crippen molar-refractivity contribution in [1.82, 2.24) is 15.5 Å². The van der Waals surface area contributed by atoms with Gasteiger partial charge in [-0.05, 0) is 43.7 Å². The van der Waals surface area contributed by atoms with Crippen molar-refractivity contribution in [1.29, 1.82) is 0 Å². The van der Waals surface area contributed by atoms with Crippen LogP contribution in [-0.4, -0.2) is 57.2 Å². The number of aliphatic imine (C=N–C) groups is 1. The second-order valence-corrected chi connectivity index (χ2v) is 7.73. The van der Waals surface area contributed by atoms with E-state index in [0.29, 0.717) is 17.4 Å². The molecule has 2 rings (SSSR count). The molecule has 0 bridgehead atoms. The molecule has 5 nitrogen and oxygen atoms in total. The first-order chi connectivity index (χ1) is 13.1. The number of likely N-dealkylation sites (N-methyl/N-ethyl adjacent to an activating group) is 1. The fourth-order valence-corrected chi connectivity index (χ4v) is 3.02. The van der Waals surface area contributed by atoms with Gasteiger partial charge in [0, 0.05) is 51.5 Å². The second kappa shape index (κ2) is 11.2. The van der Waals surface area contributed by atoms with Crippen molar-refractivity contribution >= 4 is 35.6 Å². The monoisotopic (exact) mass is 527 g/mol.